The van der Waals surface area contributed by atoms with Crippen LogP contribution in [-0.2, 0) is 19.1 Å². The summed E-state index contributed by atoms with van der Waals surface area (Å²) in [5.74, 6) is -0.835. The van der Waals surface area contributed by atoms with Crippen molar-refractivity contribution in [3.63, 3.8) is 0 Å². The number of methoxy groups -OCH3 is 1. The third kappa shape index (κ3) is 6.57. The van der Waals surface area contributed by atoms with Gasteiger partial charge in [-0.05, 0) is 34.1 Å². The highest BCUT2D eigenvalue weighted by atomic mass is 16.6. The molecule has 138 valence electrons. The van der Waals surface area contributed by atoms with E-state index in [1.807, 2.05) is 36.4 Å². The molecule has 1 aromatic carbocycles. The van der Waals surface area contributed by atoms with Crippen LogP contribution < -0.4 is 0 Å². The normalized spacial score (nSPS) is 20.2. The van der Waals surface area contributed by atoms with Crippen molar-refractivity contribution >= 4 is 18.0 Å². The number of carbonyl (C=O) groups is 3. The summed E-state index contributed by atoms with van der Waals surface area (Å²) in [5, 5.41) is 0. The molecule has 0 spiro atoms. The van der Waals surface area contributed by atoms with Gasteiger partial charge in [0.1, 0.15) is 5.60 Å². The van der Waals surface area contributed by atoms with Crippen LogP contribution in [0.1, 0.15) is 40.5 Å². The van der Waals surface area contributed by atoms with E-state index in [2.05, 4.69) is 0 Å². The molecule has 1 aliphatic heterocycles. The van der Waals surface area contributed by atoms with Gasteiger partial charge in [-0.25, -0.2) is 9.69 Å². The summed E-state index contributed by atoms with van der Waals surface area (Å²) in [6.07, 6.45) is -0.326. The maximum absolute atomic E-state index is 12.0. The van der Waals surface area contributed by atoms with E-state index in [1.54, 1.807) is 27.7 Å². The molecule has 1 heterocycles. The zero-order valence-electron chi connectivity index (χ0n) is 15.6. The molecule has 0 aromatic heterocycles. The highest BCUT2D eigenvalue weighted by Gasteiger charge is 2.44. The molecule has 1 saturated heterocycles. The summed E-state index contributed by atoms with van der Waals surface area (Å²) < 4.78 is 9.84. The monoisotopic (exact) mass is 349 g/mol. The highest BCUT2D eigenvalue weighted by molar-refractivity contribution is 5.96. The Morgan fingerprint density at radius 1 is 1.08 bits per heavy atom. The molecule has 6 heteroatoms. The Labute approximate surface area is 149 Å². The van der Waals surface area contributed by atoms with Gasteiger partial charge in [0.05, 0.1) is 12.5 Å². The van der Waals surface area contributed by atoms with Crippen LogP contribution in [0.25, 0.3) is 0 Å². The number of amides is 2. The summed E-state index contributed by atoms with van der Waals surface area (Å²) in [7, 11) is 1.29. The van der Waals surface area contributed by atoms with Gasteiger partial charge < -0.3 is 9.47 Å². The Hall–Kier alpha value is -2.37. The molecule has 0 radical (unpaired) electrons. The third-order valence-electron chi connectivity index (χ3n) is 3.69. The van der Waals surface area contributed by atoms with Gasteiger partial charge in [0.25, 0.3) is 0 Å². The molecule has 1 unspecified atom stereocenters. The summed E-state index contributed by atoms with van der Waals surface area (Å²) in [6, 6.07) is 12.0. The molecule has 0 aliphatic carbocycles. The van der Waals surface area contributed by atoms with Crippen LogP contribution in [0.2, 0.25) is 0 Å². The average Bonchev–Trinajstić information content (AvgIpc) is 2.54. The maximum atomic E-state index is 12.0. The number of imide groups is 1. The smallest absolute Gasteiger partial charge is 0.417 e. The van der Waals surface area contributed by atoms with E-state index in [-0.39, 0.29) is 13.0 Å². The first-order valence-corrected chi connectivity index (χ1v) is 8.21. The van der Waals surface area contributed by atoms with E-state index in [9.17, 15) is 14.4 Å². The lowest BCUT2D eigenvalue weighted by atomic mass is 9.80. The van der Waals surface area contributed by atoms with Gasteiger partial charge in [0, 0.05) is 13.0 Å². The molecule has 0 bridgehead atoms. The topological polar surface area (TPSA) is 72.9 Å². The first kappa shape index (κ1) is 20.7. The van der Waals surface area contributed by atoms with Crippen LogP contribution in [0.15, 0.2) is 36.4 Å². The molecule has 1 fully saturated rings. The number of hydrogen-bond acceptors (Lipinski definition) is 5. The van der Waals surface area contributed by atoms with Crippen molar-refractivity contribution < 1.29 is 23.9 Å². The largest absolute Gasteiger partial charge is 0.469 e. The number of esters is 1. The minimum atomic E-state index is -0.857. The molecule has 25 heavy (non-hydrogen) atoms. The van der Waals surface area contributed by atoms with Crippen LogP contribution in [0, 0.1) is 5.41 Å². The SMILES string of the molecule is COC(=O)C1(C)CCN(C(=O)OC(C)(C)C)C(=O)C1.c1ccccc1. The molecule has 2 rings (SSSR count). The Morgan fingerprint density at radius 2 is 1.56 bits per heavy atom. The molecular weight excluding hydrogens is 322 g/mol. The van der Waals surface area contributed by atoms with Gasteiger partial charge in [-0.2, -0.15) is 0 Å². The van der Waals surface area contributed by atoms with Crippen molar-refractivity contribution in [1.82, 2.24) is 4.90 Å². The Morgan fingerprint density at radius 3 is 1.92 bits per heavy atom. The fraction of sp³-hybridized carbons (Fsp3) is 0.526. The number of benzene rings is 1. The standard InChI is InChI=1S/C13H21NO5.C6H6/c1-12(2,3)19-11(17)14-7-6-13(4,8-9(14)15)10(16)18-5;1-2-4-6-5-3-1/h6-8H2,1-5H3;1-6H. The van der Waals surface area contributed by atoms with Crippen molar-refractivity contribution in [3.05, 3.63) is 36.4 Å². The fourth-order valence-corrected chi connectivity index (χ4v) is 2.32. The van der Waals surface area contributed by atoms with Crippen LogP contribution >= 0.6 is 0 Å². The number of rotatable bonds is 1. The second kappa shape index (κ2) is 8.65. The quantitative estimate of drug-likeness (QED) is 0.727. The minimum absolute atomic E-state index is 0.0427. The van der Waals surface area contributed by atoms with E-state index in [1.165, 1.54) is 7.11 Å². The Balaban J connectivity index is 0.000000435. The lowest BCUT2D eigenvalue weighted by Gasteiger charge is -2.36. The molecule has 1 atom stereocenters. The molecule has 6 nitrogen and oxygen atoms in total. The lowest BCUT2D eigenvalue weighted by molar-refractivity contribution is -0.159. The first-order chi connectivity index (χ1) is 11.6. The van der Waals surface area contributed by atoms with E-state index in [4.69, 9.17) is 9.47 Å². The lowest BCUT2D eigenvalue weighted by Crippen LogP contribution is -2.50. The van der Waals surface area contributed by atoms with Gasteiger partial charge >= 0.3 is 12.1 Å². The summed E-state index contributed by atoms with van der Waals surface area (Å²) in [5.41, 5.74) is -1.51. The van der Waals surface area contributed by atoms with Crippen LogP contribution in [0.3, 0.4) is 0 Å². The van der Waals surface area contributed by atoms with E-state index >= 15 is 0 Å². The van der Waals surface area contributed by atoms with Crippen molar-refractivity contribution in [3.8, 4) is 0 Å². The van der Waals surface area contributed by atoms with E-state index < -0.39 is 29.0 Å². The number of ether oxygens (including phenoxy) is 2. The maximum Gasteiger partial charge on any atom is 0.417 e. The zero-order chi connectivity index (χ0) is 19.1. The Bertz CT molecular complexity index is 567. The average molecular weight is 349 g/mol. The van der Waals surface area contributed by atoms with Crippen molar-refractivity contribution in [2.24, 2.45) is 5.41 Å². The highest BCUT2D eigenvalue weighted by Crippen LogP contribution is 2.33. The molecular formula is C19H27NO5. The molecule has 2 amide bonds. The second-order valence-corrected chi connectivity index (χ2v) is 7.16. The fourth-order valence-electron chi connectivity index (χ4n) is 2.32. The van der Waals surface area contributed by atoms with Crippen molar-refractivity contribution in [2.45, 2.75) is 46.1 Å². The van der Waals surface area contributed by atoms with Gasteiger partial charge in [-0.3, -0.25) is 9.59 Å². The molecule has 0 N–H and O–H groups in total. The summed E-state index contributed by atoms with van der Waals surface area (Å²) in [6.45, 7) is 7.04. The second-order valence-electron chi connectivity index (χ2n) is 7.16. The number of piperidine rings is 1. The van der Waals surface area contributed by atoms with Crippen LogP contribution in [-0.4, -0.2) is 42.1 Å². The minimum Gasteiger partial charge on any atom is -0.469 e. The Kier molecular flexibility index (Phi) is 7.15. The third-order valence-corrected chi connectivity index (χ3v) is 3.69. The summed E-state index contributed by atoms with van der Waals surface area (Å²) >= 11 is 0. The van der Waals surface area contributed by atoms with Crippen molar-refractivity contribution in [2.75, 3.05) is 13.7 Å². The van der Waals surface area contributed by atoms with E-state index in [0.29, 0.717) is 6.42 Å². The predicted molar refractivity (Wildman–Crippen MR) is 93.7 cm³/mol. The first-order valence-electron chi connectivity index (χ1n) is 8.21. The number of carbonyl (C=O) groups excluding carboxylic acids is 3. The number of nitrogens with zero attached hydrogens (tertiary/aromatic N) is 1. The molecule has 0 saturated carbocycles. The van der Waals surface area contributed by atoms with Gasteiger partial charge in [-0.1, -0.05) is 36.4 Å². The van der Waals surface area contributed by atoms with Crippen molar-refractivity contribution in [1.29, 1.82) is 0 Å². The number of likely N-dealkylation sites (tertiary alicyclic amines) is 1. The van der Waals surface area contributed by atoms with Crippen LogP contribution in [0.5, 0.6) is 0 Å². The summed E-state index contributed by atoms with van der Waals surface area (Å²) in [4.78, 5) is 36.5. The van der Waals surface area contributed by atoms with Gasteiger partial charge in [0.15, 0.2) is 0 Å². The van der Waals surface area contributed by atoms with Gasteiger partial charge in [0.2, 0.25) is 5.91 Å². The predicted octanol–water partition coefficient (Wildman–Crippen LogP) is 3.41. The molecule has 1 aromatic rings. The van der Waals surface area contributed by atoms with Crippen LogP contribution in [0.4, 0.5) is 4.79 Å². The van der Waals surface area contributed by atoms with Gasteiger partial charge in [-0.15, -0.1) is 0 Å². The molecule has 1 aliphatic rings. The zero-order valence-corrected chi connectivity index (χ0v) is 15.6. The number of hydrogen-bond donors (Lipinski definition) is 0. The van der Waals surface area contributed by atoms with E-state index in [0.717, 1.165) is 4.90 Å².